The first-order chi connectivity index (χ1) is 8.24. The van der Waals surface area contributed by atoms with E-state index in [4.69, 9.17) is 10.8 Å². The van der Waals surface area contributed by atoms with Gasteiger partial charge in [-0.1, -0.05) is 27.7 Å². The maximum absolute atomic E-state index is 10.8. The quantitative estimate of drug-likeness (QED) is 0.748. The number of carbonyl (C=O) groups is 1. The van der Waals surface area contributed by atoms with Gasteiger partial charge < -0.3 is 16.2 Å². The number of hydrogen-bond donors (Lipinski definition) is 3. The Bertz CT molecular complexity index is 442. The number of nitrogens with one attached hydrogen (secondary N) is 1. The van der Waals surface area contributed by atoms with E-state index in [9.17, 15) is 4.79 Å². The van der Waals surface area contributed by atoms with Gasteiger partial charge in [0.1, 0.15) is 5.82 Å². The van der Waals surface area contributed by atoms with Gasteiger partial charge in [0.15, 0.2) is 5.69 Å². The Morgan fingerprint density at radius 3 is 2.61 bits per heavy atom. The van der Waals surface area contributed by atoms with Gasteiger partial charge in [0.2, 0.25) is 0 Å². The van der Waals surface area contributed by atoms with Crippen molar-refractivity contribution in [2.24, 2.45) is 11.3 Å². The molecule has 100 valence electrons. The lowest BCUT2D eigenvalue weighted by Crippen LogP contribution is -2.29. The van der Waals surface area contributed by atoms with Crippen molar-refractivity contribution in [2.45, 2.75) is 27.7 Å². The van der Waals surface area contributed by atoms with Crippen molar-refractivity contribution < 1.29 is 9.90 Å². The van der Waals surface area contributed by atoms with Crippen LogP contribution in [0.15, 0.2) is 12.1 Å². The fourth-order valence-electron chi connectivity index (χ4n) is 1.25. The first-order valence-corrected chi connectivity index (χ1v) is 5.97. The first-order valence-electron chi connectivity index (χ1n) is 5.97. The van der Waals surface area contributed by atoms with Crippen LogP contribution in [0.5, 0.6) is 0 Å². The van der Waals surface area contributed by atoms with Crippen molar-refractivity contribution in [1.82, 2.24) is 4.98 Å². The molecule has 0 aliphatic heterocycles. The molecule has 5 nitrogen and oxygen atoms in total. The summed E-state index contributed by atoms with van der Waals surface area (Å²) in [5, 5.41) is 12.0. The van der Waals surface area contributed by atoms with Crippen molar-refractivity contribution in [2.75, 3.05) is 17.6 Å². The number of carboxylic acids is 1. The van der Waals surface area contributed by atoms with Crippen molar-refractivity contribution >= 4 is 17.5 Å². The van der Waals surface area contributed by atoms with Crippen LogP contribution >= 0.6 is 0 Å². The summed E-state index contributed by atoms with van der Waals surface area (Å²) in [5.41, 5.74) is 6.31. The zero-order valence-corrected chi connectivity index (χ0v) is 11.3. The lowest BCUT2D eigenvalue weighted by Gasteiger charge is -2.29. The number of nitrogens with zero attached hydrogens (tertiary/aromatic N) is 1. The minimum atomic E-state index is -1.05. The summed E-state index contributed by atoms with van der Waals surface area (Å²) in [4.78, 5) is 14.8. The van der Waals surface area contributed by atoms with Crippen LogP contribution in [0.1, 0.15) is 38.2 Å². The van der Waals surface area contributed by atoms with E-state index >= 15 is 0 Å². The SMILES string of the molecule is CC(C)C(C)(C)CNc1nc(C(=O)O)ccc1N. The van der Waals surface area contributed by atoms with Crippen LogP contribution in [0.2, 0.25) is 0 Å². The third-order valence-electron chi connectivity index (χ3n) is 3.42. The number of carboxylic acid groups (broad SMARTS) is 1. The van der Waals surface area contributed by atoms with Gasteiger partial charge >= 0.3 is 5.97 Å². The third kappa shape index (κ3) is 3.35. The van der Waals surface area contributed by atoms with Gasteiger partial charge in [0, 0.05) is 6.54 Å². The molecule has 0 aliphatic carbocycles. The number of nitrogens with two attached hydrogens (primary N) is 1. The minimum Gasteiger partial charge on any atom is -0.477 e. The van der Waals surface area contributed by atoms with Gasteiger partial charge in [-0.05, 0) is 23.5 Å². The van der Waals surface area contributed by atoms with Crippen LogP contribution in [-0.4, -0.2) is 22.6 Å². The average Bonchev–Trinajstić information content (AvgIpc) is 2.27. The van der Waals surface area contributed by atoms with E-state index in [0.29, 0.717) is 24.0 Å². The highest BCUT2D eigenvalue weighted by molar-refractivity contribution is 5.86. The molecule has 0 saturated carbocycles. The van der Waals surface area contributed by atoms with Crippen molar-refractivity contribution in [3.8, 4) is 0 Å². The second-order valence-electron chi connectivity index (χ2n) is 5.44. The predicted octanol–water partition coefficient (Wildman–Crippen LogP) is 2.46. The maximum atomic E-state index is 10.8. The Hall–Kier alpha value is -1.78. The molecule has 0 atom stereocenters. The smallest absolute Gasteiger partial charge is 0.354 e. The molecule has 1 rings (SSSR count). The molecule has 0 aliphatic rings. The lowest BCUT2D eigenvalue weighted by molar-refractivity contribution is 0.0690. The van der Waals surface area contributed by atoms with Crippen LogP contribution in [0.3, 0.4) is 0 Å². The molecule has 0 spiro atoms. The number of aromatic nitrogens is 1. The molecular formula is C13H21N3O2. The van der Waals surface area contributed by atoms with Gasteiger partial charge in [-0.25, -0.2) is 9.78 Å². The highest BCUT2D eigenvalue weighted by Crippen LogP contribution is 2.27. The van der Waals surface area contributed by atoms with E-state index < -0.39 is 5.97 Å². The van der Waals surface area contributed by atoms with E-state index in [0.717, 1.165) is 0 Å². The first kappa shape index (κ1) is 14.3. The third-order valence-corrected chi connectivity index (χ3v) is 3.42. The number of aromatic carboxylic acids is 1. The molecule has 0 radical (unpaired) electrons. The van der Waals surface area contributed by atoms with E-state index in [1.165, 1.54) is 6.07 Å². The minimum absolute atomic E-state index is 0.00551. The summed E-state index contributed by atoms with van der Waals surface area (Å²) in [6.07, 6.45) is 0. The summed E-state index contributed by atoms with van der Waals surface area (Å²) >= 11 is 0. The molecule has 0 fully saturated rings. The normalized spacial score (nSPS) is 11.6. The zero-order valence-electron chi connectivity index (χ0n) is 11.3. The van der Waals surface area contributed by atoms with Crippen LogP contribution in [-0.2, 0) is 0 Å². The summed E-state index contributed by atoms with van der Waals surface area (Å²) in [5.74, 6) is -0.126. The Kier molecular flexibility index (Phi) is 4.16. The summed E-state index contributed by atoms with van der Waals surface area (Å²) in [6, 6.07) is 2.96. The largest absolute Gasteiger partial charge is 0.477 e. The molecule has 1 heterocycles. The van der Waals surface area contributed by atoms with E-state index in [2.05, 4.69) is 38.0 Å². The molecule has 0 amide bonds. The molecule has 4 N–H and O–H groups in total. The summed E-state index contributed by atoms with van der Waals surface area (Å²) in [7, 11) is 0. The average molecular weight is 251 g/mol. The van der Waals surface area contributed by atoms with Crippen molar-refractivity contribution in [3.05, 3.63) is 17.8 Å². The molecular weight excluding hydrogens is 230 g/mol. The lowest BCUT2D eigenvalue weighted by atomic mass is 9.81. The number of rotatable bonds is 5. The van der Waals surface area contributed by atoms with Gasteiger partial charge in [-0.3, -0.25) is 0 Å². The molecule has 18 heavy (non-hydrogen) atoms. The van der Waals surface area contributed by atoms with Crippen molar-refractivity contribution in [3.63, 3.8) is 0 Å². The van der Waals surface area contributed by atoms with Crippen LogP contribution in [0.25, 0.3) is 0 Å². The Balaban J connectivity index is 2.85. The zero-order chi connectivity index (χ0) is 13.9. The Morgan fingerprint density at radius 1 is 1.50 bits per heavy atom. The highest BCUT2D eigenvalue weighted by Gasteiger charge is 2.22. The molecule has 0 saturated heterocycles. The molecule has 0 unspecified atom stereocenters. The number of anilines is 2. The van der Waals surface area contributed by atoms with Crippen molar-refractivity contribution in [1.29, 1.82) is 0 Å². The maximum Gasteiger partial charge on any atom is 0.354 e. The molecule has 1 aromatic rings. The van der Waals surface area contributed by atoms with E-state index in [1.807, 2.05) is 0 Å². The molecule has 1 aromatic heterocycles. The fraction of sp³-hybridized carbons (Fsp3) is 0.538. The second kappa shape index (κ2) is 5.25. The second-order valence-corrected chi connectivity index (χ2v) is 5.44. The molecule has 0 bridgehead atoms. The Morgan fingerprint density at radius 2 is 2.11 bits per heavy atom. The molecule has 5 heteroatoms. The van der Waals surface area contributed by atoms with Gasteiger partial charge in [0.25, 0.3) is 0 Å². The van der Waals surface area contributed by atoms with Gasteiger partial charge in [-0.2, -0.15) is 0 Å². The van der Waals surface area contributed by atoms with Crippen LogP contribution in [0.4, 0.5) is 11.5 Å². The van der Waals surface area contributed by atoms with Gasteiger partial charge in [0.05, 0.1) is 5.69 Å². The van der Waals surface area contributed by atoms with Crippen LogP contribution in [0, 0.1) is 11.3 Å². The number of hydrogen-bond acceptors (Lipinski definition) is 4. The number of nitrogen functional groups attached to an aromatic ring is 1. The van der Waals surface area contributed by atoms with E-state index in [-0.39, 0.29) is 11.1 Å². The highest BCUT2D eigenvalue weighted by atomic mass is 16.4. The number of pyridine rings is 1. The standard InChI is InChI=1S/C13H21N3O2/c1-8(2)13(3,4)7-15-11-9(14)5-6-10(16-11)12(17)18/h5-6,8H,7,14H2,1-4H3,(H,15,16)(H,17,18). The fourth-order valence-corrected chi connectivity index (χ4v) is 1.25. The Labute approximate surface area is 107 Å². The summed E-state index contributed by atoms with van der Waals surface area (Å²) < 4.78 is 0. The monoisotopic (exact) mass is 251 g/mol. The molecule has 0 aromatic carbocycles. The van der Waals surface area contributed by atoms with Crippen LogP contribution < -0.4 is 11.1 Å². The van der Waals surface area contributed by atoms with E-state index in [1.54, 1.807) is 6.07 Å². The van der Waals surface area contributed by atoms with Gasteiger partial charge in [-0.15, -0.1) is 0 Å². The predicted molar refractivity (Wildman–Crippen MR) is 72.7 cm³/mol. The topological polar surface area (TPSA) is 88.2 Å². The summed E-state index contributed by atoms with van der Waals surface area (Å²) in [6.45, 7) is 9.26.